The van der Waals surface area contributed by atoms with Crippen molar-refractivity contribution in [3.8, 4) is 11.4 Å². The zero-order valence-corrected chi connectivity index (χ0v) is 21.6. The van der Waals surface area contributed by atoms with Crippen molar-refractivity contribution in [2.24, 2.45) is 0 Å². The number of para-hydroxylation sites is 1. The van der Waals surface area contributed by atoms with Crippen molar-refractivity contribution in [1.29, 1.82) is 0 Å². The SMILES string of the molecule is CCn1c(SCC(=O)Nc2sc3c(c2C(=O)Nc2ccccc2)CCCC3)nnc1-c1ccccc1. The van der Waals surface area contributed by atoms with Crippen LogP contribution in [0, 0.1) is 0 Å². The molecule has 9 heteroatoms. The van der Waals surface area contributed by atoms with E-state index in [1.807, 2.05) is 72.2 Å². The molecule has 0 saturated carbocycles. The number of nitrogens with one attached hydrogen (secondary N) is 2. The summed E-state index contributed by atoms with van der Waals surface area (Å²) in [6.45, 7) is 2.73. The number of hydrogen-bond donors (Lipinski definition) is 2. The molecular formula is C27H27N5O2S2. The Balaban J connectivity index is 1.31. The second kappa shape index (κ2) is 11.1. The van der Waals surface area contributed by atoms with Crippen LogP contribution in [0.3, 0.4) is 0 Å². The fourth-order valence-electron chi connectivity index (χ4n) is 4.38. The Kier molecular flexibility index (Phi) is 7.48. The Morgan fingerprint density at radius 3 is 2.44 bits per heavy atom. The zero-order valence-electron chi connectivity index (χ0n) is 20.0. The highest BCUT2D eigenvalue weighted by Gasteiger charge is 2.26. The molecular weight excluding hydrogens is 490 g/mol. The monoisotopic (exact) mass is 517 g/mol. The van der Waals surface area contributed by atoms with Crippen LogP contribution >= 0.6 is 23.1 Å². The van der Waals surface area contributed by atoms with Gasteiger partial charge in [-0.2, -0.15) is 0 Å². The predicted octanol–water partition coefficient (Wildman–Crippen LogP) is 5.89. The number of thiophene rings is 1. The molecule has 0 atom stereocenters. The minimum atomic E-state index is -0.179. The second-order valence-corrected chi connectivity index (χ2v) is 10.5. The van der Waals surface area contributed by atoms with Crippen LogP contribution in [0.15, 0.2) is 65.8 Å². The van der Waals surface area contributed by atoms with Crippen LogP contribution in [0.5, 0.6) is 0 Å². The lowest BCUT2D eigenvalue weighted by Gasteiger charge is -2.13. The van der Waals surface area contributed by atoms with Crippen LogP contribution in [-0.4, -0.2) is 32.3 Å². The topological polar surface area (TPSA) is 88.9 Å². The number of nitrogens with zero attached hydrogens (tertiary/aromatic N) is 3. The Morgan fingerprint density at radius 2 is 1.69 bits per heavy atom. The van der Waals surface area contributed by atoms with Gasteiger partial charge in [0, 0.05) is 22.7 Å². The van der Waals surface area contributed by atoms with Gasteiger partial charge in [0.2, 0.25) is 5.91 Å². The van der Waals surface area contributed by atoms with Crippen LogP contribution in [0.4, 0.5) is 10.7 Å². The summed E-state index contributed by atoms with van der Waals surface area (Å²) in [4.78, 5) is 27.5. The Hall–Kier alpha value is -3.43. The third kappa shape index (κ3) is 5.22. The third-order valence-electron chi connectivity index (χ3n) is 6.08. The van der Waals surface area contributed by atoms with Gasteiger partial charge >= 0.3 is 0 Å². The first-order valence-corrected chi connectivity index (χ1v) is 13.9. The number of rotatable bonds is 8. The summed E-state index contributed by atoms with van der Waals surface area (Å²) in [6.07, 6.45) is 3.95. The first-order chi connectivity index (χ1) is 17.6. The van der Waals surface area contributed by atoms with Gasteiger partial charge in [-0.1, -0.05) is 60.3 Å². The molecule has 0 radical (unpaired) electrons. The normalized spacial score (nSPS) is 12.7. The molecule has 184 valence electrons. The van der Waals surface area contributed by atoms with E-state index in [1.165, 1.54) is 28.0 Å². The van der Waals surface area contributed by atoms with Crippen LogP contribution in [0.2, 0.25) is 0 Å². The maximum absolute atomic E-state index is 13.3. The van der Waals surface area contributed by atoms with Gasteiger partial charge in [-0.05, 0) is 50.3 Å². The number of hydrogen-bond acceptors (Lipinski definition) is 6. The number of aryl methyl sites for hydroxylation is 1. The summed E-state index contributed by atoms with van der Waals surface area (Å²) < 4.78 is 2.01. The molecule has 0 fully saturated rings. The first-order valence-electron chi connectivity index (χ1n) is 12.1. The van der Waals surface area contributed by atoms with Gasteiger partial charge < -0.3 is 15.2 Å². The average molecular weight is 518 g/mol. The summed E-state index contributed by atoms with van der Waals surface area (Å²) in [5.74, 6) is 0.614. The van der Waals surface area contributed by atoms with Gasteiger partial charge in [0.1, 0.15) is 5.00 Å². The molecule has 7 nitrogen and oxygen atoms in total. The van der Waals surface area contributed by atoms with E-state index < -0.39 is 0 Å². The predicted molar refractivity (Wildman–Crippen MR) is 146 cm³/mol. The Morgan fingerprint density at radius 1 is 0.972 bits per heavy atom. The van der Waals surface area contributed by atoms with Gasteiger partial charge in [0.25, 0.3) is 5.91 Å². The van der Waals surface area contributed by atoms with E-state index in [9.17, 15) is 9.59 Å². The smallest absolute Gasteiger partial charge is 0.258 e. The van der Waals surface area contributed by atoms with Crippen molar-refractivity contribution in [3.05, 3.63) is 76.7 Å². The van der Waals surface area contributed by atoms with E-state index in [-0.39, 0.29) is 17.6 Å². The number of anilines is 2. The average Bonchev–Trinajstić information content (AvgIpc) is 3.49. The van der Waals surface area contributed by atoms with Crippen LogP contribution < -0.4 is 10.6 Å². The molecule has 0 saturated heterocycles. The third-order valence-corrected chi connectivity index (χ3v) is 8.25. The van der Waals surface area contributed by atoms with E-state index in [0.717, 1.165) is 48.3 Å². The van der Waals surface area contributed by atoms with Crippen molar-refractivity contribution in [1.82, 2.24) is 14.8 Å². The van der Waals surface area contributed by atoms with E-state index in [1.54, 1.807) is 0 Å². The number of fused-ring (bicyclic) bond motifs is 1. The molecule has 2 aromatic carbocycles. The van der Waals surface area contributed by atoms with Crippen molar-refractivity contribution in [2.45, 2.75) is 44.3 Å². The minimum absolute atomic E-state index is 0.167. The molecule has 4 aromatic rings. The zero-order chi connectivity index (χ0) is 24.9. The van der Waals surface area contributed by atoms with Gasteiger partial charge in [-0.3, -0.25) is 9.59 Å². The summed E-state index contributed by atoms with van der Waals surface area (Å²) >= 11 is 2.87. The summed E-state index contributed by atoms with van der Waals surface area (Å²) in [6, 6.07) is 19.3. The largest absolute Gasteiger partial charge is 0.322 e. The number of benzene rings is 2. The lowest BCUT2D eigenvalue weighted by molar-refractivity contribution is -0.113. The summed E-state index contributed by atoms with van der Waals surface area (Å²) in [5.41, 5.74) is 3.39. The van der Waals surface area contributed by atoms with Crippen LogP contribution in [0.1, 0.15) is 40.6 Å². The maximum Gasteiger partial charge on any atom is 0.258 e. The number of amides is 2. The fourth-order valence-corrected chi connectivity index (χ4v) is 6.49. The van der Waals surface area contributed by atoms with E-state index >= 15 is 0 Å². The highest BCUT2D eigenvalue weighted by Crippen LogP contribution is 2.38. The fraction of sp³-hybridized carbons (Fsp3) is 0.259. The molecule has 2 amide bonds. The molecule has 0 unspecified atom stereocenters. The maximum atomic E-state index is 13.3. The molecule has 0 spiro atoms. The minimum Gasteiger partial charge on any atom is -0.322 e. The summed E-state index contributed by atoms with van der Waals surface area (Å²) in [5, 5.41) is 16.0. The lowest BCUT2D eigenvalue weighted by Crippen LogP contribution is -2.19. The van der Waals surface area contributed by atoms with Crippen molar-refractivity contribution < 1.29 is 9.59 Å². The van der Waals surface area contributed by atoms with Gasteiger partial charge in [0.05, 0.1) is 11.3 Å². The highest BCUT2D eigenvalue weighted by molar-refractivity contribution is 7.99. The molecule has 5 rings (SSSR count). The number of aromatic nitrogens is 3. The number of carbonyl (C=O) groups is 2. The number of carbonyl (C=O) groups excluding carboxylic acids is 2. The van der Waals surface area contributed by atoms with E-state index in [4.69, 9.17) is 0 Å². The van der Waals surface area contributed by atoms with Crippen molar-refractivity contribution in [2.75, 3.05) is 16.4 Å². The molecule has 0 aliphatic heterocycles. The van der Waals surface area contributed by atoms with Gasteiger partial charge in [0.15, 0.2) is 11.0 Å². The quantitative estimate of drug-likeness (QED) is 0.285. The van der Waals surface area contributed by atoms with Crippen molar-refractivity contribution in [3.63, 3.8) is 0 Å². The molecule has 2 heterocycles. The summed E-state index contributed by atoms with van der Waals surface area (Å²) in [7, 11) is 0. The van der Waals surface area contributed by atoms with Gasteiger partial charge in [-0.15, -0.1) is 21.5 Å². The Labute approximate surface area is 218 Å². The standard InChI is InChI=1S/C27H27N5O2S2/c1-2-32-24(18-11-5-3-6-12-18)30-31-27(32)35-17-22(33)29-26-23(20-15-9-10-16-21(20)36-26)25(34)28-19-13-7-4-8-14-19/h3-8,11-14H,2,9-10,15-17H2,1H3,(H,28,34)(H,29,33). The molecule has 1 aliphatic carbocycles. The van der Waals surface area contributed by atoms with Crippen molar-refractivity contribution >= 4 is 45.6 Å². The van der Waals surface area contributed by atoms with E-state index in [2.05, 4.69) is 20.8 Å². The van der Waals surface area contributed by atoms with Crippen LogP contribution in [0.25, 0.3) is 11.4 Å². The Bertz CT molecular complexity index is 1370. The second-order valence-electron chi connectivity index (χ2n) is 8.49. The first kappa shape index (κ1) is 24.3. The molecule has 0 bridgehead atoms. The van der Waals surface area contributed by atoms with Crippen LogP contribution in [-0.2, 0) is 24.2 Å². The molecule has 2 N–H and O–H groups in total. The molecule has 2 aromatic heterocycles. The number of thioether (sulfide) groups is 1. The van der Waals surface area contributed by atoms with Gasteiger partial charge in [-0.25, -0.2) is 0 Å². The van der Waals surface area contributed by atoms with E-state index in [0.29, 0.717) is 22.3 Å². The highest BCUT2D eigenvalue weighted by atomic mass is 32.2. The lowest BCUT2D eigenvalue weighted by atomic mass is 9.95. The molecule has 1 aliphatic rings. The molecule has 36 heavy (non-hydrogen) atoms.